The highest BCUT2D eigenvalue weighted by Crippen LogP contribution is 2.26. The molecular formula is C13H19N7. The van der Waals surface area contributed by atoms with E-state index in [1.807, 2.05) is 27.0 Å². The second-order valence-electron chi connectivity index (χ2n) is 5.17. The molecular weight excluding hydrogens is 254 g/mol. The third kappa shape index (κ3) is 2.09. The Morgan fingerprint density at radius 1 is 1.35 bits per heavy atom. The fraction of sp³-hybridized carbons (Fsp3) is 0.462. The zero-order valence-corrected chi connectivity index (χ0v) is 11.9. The number of H-pyrrole nitrogens is 1. The number of aromatic amines is 1. The van der Waals surface area contributed by atoms with Gasteiger partial charge < -0.3 is 16.0 Å². The Bertz CT molecular complexity index is 628. The van der Waals surface area contributed by atoms with Crippen LogP contribution in [0.2, 0.25) is 0 Å². The maximum atomic E-state index is 5.84. The van der Waals surface area contributed by atoms with Crippen molar-refractivity contribution in [3.05, 3.63) is 17.3 Å². The fourth-order valence-corrected chi connectivity index (χ4v) is 2.33. The summed E-state index contributed by atoms with van der Waals surface area (Å²) in [6.07, 6.45) is 0. The summed E-state index contributed by atoms with van der Waals surface area (Å²) in [4.78, 5) is 10.8. The Balaban J connectivity index is 1.93. The van der Waals surface area contributed by atoms with Gasteiger partial charge in [0.1, 0.15) is 5.82 Å². The van der Waals surface area contributed by atoms with Gasteiger partial charge in [0.15, 0.2) is 0 Å². The van der Waals surface area contributed by atoms with E-state index in [4.69, 9.17) is 5.73 Å². The smallest absolute Gasteiger partial charge is 0.222 e. The molecule has 0 aromatic carbocycles. The van der Waals surface area contributed by atoms with Gasteiger partial charge in [-0.15, -0.1) is 0 Å². The molecule has 1 fully saturated rings. The minimum Gasteiger partial charge on any atom is -0.368 e. The zero-order chi connectivity index (χ0) is 14.3. The van der Waals surface area contributed by atoms with Gasteiger partial charge >= 0.3 is 0 Å². The molecule has 1 aliphatic rings. The maximum absolute atomic E-state index is 5.84. The molecule has 0 saturated carbocycles. The summed E-state index contributed by atoms with van der Waals surface area (Å²) in [7, 11) is 1.97. The lowest BCUT2D eigenvalue weighted by Crippen LogP contribution is -2.57. The quantitative estimate of drug-likeness (QED) is 0.752. The molecule has 3 heterocycles. The number of likely N-dealkylation sites (N-methyl/N-ethyl adjacent to an activating group) is 1. The third-order valence-corrected chi connectivity index (χ3v) is 3.85. The first-order valence-corrected chi connectivity index (χ1v) is 6.67. The molecule has 0 unspecified atom stereocenters. The van der Waals surface area contributed by atoms with Gasteiger partial charge in [0, 0.05) is 25.2 Å². The van der Waals surface area contributed by atoms with E-state index in [1.54, 1.807) is 0 Å². The first-order valence-electron chi connectivity index (χ1n) is 6.67. The van der Waals surface area contributed by atoms with Crippen LogP contribution in [0, 0.1) is 13.8 Å². The first kappa shape index (κ1) is 12.9. The van der Waals surface area contributed by atoms with Crippen LogP contribution in [0.25, 0.3) is 11.4 Å². The lowest BCUT2D eigenvalue weighted by molar-refractivity contribution is 0.447. The summed E-state index contributed by atoms with van der Waals surface area (Å²) in [6.45, 7) is 5.86. The molecule has 0 radical (unpaired) electrons. The van der Waals surface area contributed by atoms with Crippen LogP contribution in [-0.4, -0.2) is 46.3 Å². The molecule has 0 bridgehead atoms. The van der Waals surface area contributed by atoms with Gasteiger partial charge in [-0.1, -0.05) is 0 Å². The number of aryl methyl sites for hydroxylation is 1. The number of nitrogen functional groups attached to an aromatic ring is 1. The van der Waals surface area contributed by atoms with Crippen LogP contribution >= 0.6 is 0 Å². The number of rotatable bonds is 3. The van der Waals surface area contributed by atoms with E-state index in [0.717, 1.165) is 41.6 Å². The fourth-order valence-electron chi connectivity index (χ4n) is 2.33. The number of nitrogens with two attached hydrogens (primary N) is 1. The molecule has 4 N–H and O–H groups in total. The van der Waals surface area contributed by atoms with Crippen molar-refractivity contribution >= 4 is 11.8 Å². The molecule has 106 valence electrons. The highest BCUT2D eigenvalue weighted by Gasteiger charge is 2.27. The average molecular weight is 273 g/mol. The van der Waals surface area contributed by atoms with Crippen LogP contribution in [0.1, 0.15) is 11.3 Å². The Labute approximate surface area is 117 Å². The molecule has 1 saturated heterocycles. The van der Waals surface area contributed by atoms with Crippen molar-refractivity contribution in [2.45, 2.75) is 19.9 Å². The monoisotopic (exact) mass is 273 g/mol. The average Bonchev–Trinajstić information content (AvgIpc) is 2.68. The molecule has 3 rings (SSSR count). The molecule has 0 amide bonds. The number of nitrogens with one attached hydrogen (secondary N) is 2. The number of aromatic nitrogens is 4. The van der Waals surface area contributed by atoms with E-state index in [0.29, 0.717) is 6.04 Å². The highest BCUT2D eigenvalue weighted by molar-refractivity contribution is 5.65. The van der Waals surface area contributed by atoms with Crippen LogP contribution in [0.5, 0.6) is 0 Å². The van der Waals surface area contributed by atoms with Gasteiger partial charge in [-0.2, -0.15) is 10.1 Å². The van der Waals surface area contributed by atoms with Crippen molar-refractivity contribution in [2.75, 3.05) is 30.8 Å². The van der Waals surface area contributed by atoms with E-state index in [1.165, 1.54) is 0 Å². The molecule has 2 aromatic heterocycles. The molecule has 2 aromatic rings. The van der Waals surface area contributed by atoms with Gasteiger partial charge in [0.05, 0.1) is 17.1 Å². The zero-order valence-electron chi connectivity index (χ0n) is 11.9. The normalized spacial score (nSPS) is 15.4. The molecule has 1 aliphatic heterocycles. The topological polar surface area (TPSA) is 95.8 Å². The third-order valence-electron chi connectivity index (χ3n) is 3.85. The molecule has 7 heteroatoms. The van der Waals surface area contributed by atoms with Crippen LogP contribution in [0.15, 0.2) is 6.07 Å². The summed E-state index contributed by atoms with van der Waals surface area (Å²) in [6, 6.07) is 2.48. The molecule has 7 nitrogen and oxygen atoms in total. The van der Waals surface area contributed by atoms with Crippen molar-refractivity contribution in [3.8, 4) is 11.4 Å². The van der Waals surface area contributed by atoms with E-state index in [-0.39, 0.29) is 5.95 Å². The highest BCUT2D eigenvalue weighted by atomic mass is 15.3. The Hall–Kier alpha value is -2.15. The van der Waals surface area contributed by atoms with Gasteiger partial charge in [-0.25, -0.2) is 4.98 Å². The number of hydrogen-bond donors (Lipinski definition) is 3. The molecule has 0 aliphatic carbocycles. The van der Waals surface area contributed by atoms with E-state index in [9.17, 15) is 0 Å². The van der Waals surface area contributed by atoms with Crippen molar-refractivity contribution in [1.29, 1.82) is 0 Å². The maximum Gasteiger partial charge on any atom is 0.222 e. The van der Waals surface area contributed by atoms with E-state index >= 15 is 0 Å². The Morgan fingerprint density at radius 2 is 2.10 bits per heavy atom. The minimum atomic E-state index is 0.289. The van der Waals surface area contributed by atoms with E-state index < -0.39 is 0 Å². The SMILES string of the molecule is CNC1CN(c2cc(-c3[nH]nc(C)c3C)nc(N)n2)C1. The summed E-state index contributed by atoms with van der Waals surface area (Å²) in [5.74, 6) is 1.16. The van der Waals surface area contributed by atoms with Gasteiger partial charge in [-0.05, 0) is 26.5 Å². The Morgan fingerprint density at radius 3 is 2.70 bits per heavy atom. The molecule has 0 atom stereocenters. The van der Waals surface area contributed by atoms with Crippen LogP contribution in [0.3, 0.4) is 0 Å². The largest absolute Gasteiger partial charge is 0.368 e. The van der Waals surface area contributed by atoms with Crippen LogP contribution in [0.4, 0.5) is 11.8 Å². The summed E-state index contributed by atoms with van der Waals surface area (Å²) >= 11 is 0. The second-order valence-corrected chi connectivity index (χ2v) is 5.17. The predicted molar refractivity (Wildman–Crippen MR) is 78.6 cm³/mol. The van der Waals surface area contributed by atoms with E-state index in [2.05, 4.69) is 30.4 Å². The first-order chi connectivity index (χ1) is 9.58. The van der Waals surface area contributed by atoms with Crippen molar-refractivity contribution in [1.82, 2.24) is 25.5 Å². The van der Waals surface area contributed by atoms with Crippen molar-refractivity contribution in [2.24, 2.45) is 0 Å². The lowest BCUT2D eigenvalue weighted by Gasteiger charge is -2.40. The Kier molecular flexibility index (Phi) is 3.06. The minimum absolute atomic E-state index is 0.289. The number of hydrogen-bond acceptors (Lipinski definition) is 6. The van der Waals surface area contributed by atoms with Crippen LogP contribution in [-0.2, 0) is 0 Å². The van der Waals surface area contributed by atoms with Gasteiger partial charge in [0.2, 0.25) is 5.95 Å². The number of nitrogens with zero attached hydrogens (tertiary/aromatic N) is 4. The predicted octanol–water partition coefficient (Wildman–Crippen LogP) is 0.474. The van der Waals surface area contributed by atoms with Crippen LogP contribution < -0.4 is 16.0 Å². The van der Waals surface area contributed by atoms with Crippen molar-refractivity contribution in [3.63, 3.8) is 0 Å². The van der Waals surface area contributed by atoms with Gasteiger partial charge in [0.25, 0.3) is 0 Å². The second kappa shape index (κ2) is 4.75. The summed E-state index contributed by atoms with van der Waals surface area (Å²) in [5, 5.41) is 10.5. The molecule has 20 heavy (non-hydrogen) atoms. The lowest BCUT2D eigenvalue weighted by atomic mass is 10.1. The standard InChI is InChI=1S/C13H19N7/c1-7-8(2)18-19-12(7)10-4-11(17-13(14)16-10)20-5-9(6-20)15-3/h4,9,15H,5-6H2,1-3H3,(H,18,19)(H2,14,16,17). The summed E-state index contributed by atoms with van der Waals surface area (Å²) < 4.78 is 0. The number of anilines is 2. The van der Waals surface area contributed by atoms with Crippen molar-refractivity contribution < 1.29 is 0 Å². The molecule has 0 spiro atoms. The van der Waals surface area contributed by atoms with Gasteiger partial charge in [-0.3, -0.25) is 5.10 Å². The summed E-state index contributed by atoms with van der Waals surface area (Å²) in [5.41, 5.74) is 9.59.